The quantitative estimate of drug-likeness (QED) is 0.375. The van der Waals surface area contributed by atoms with Crippen molar-refractivity contribution in [3.8, 4) is 12.1 Å². The highest BCUT2D eigenvalue weighted by Crippen LogP contribution is 2.26. The molecule has 0 saturated carbocycles. The van der Waals surface area contributed by atoms with Gasteiger partial charge in [-0.25, -0.2) is 9.97 Å². The molecule has 0 unspecified atom stereocenters. The Hall–Kier alpha value is -3.12. The van der Waals surface area contributed by atoms with Crippen LogP contribution in [0.4, 0.5) is 0 Å². The summed E-state index contributed by atoms with van der Waals surface area (Å²) in [5.74, 6) is 0.451. The van der Waals surface area contributed by atoms with Crippen LogP contribution < -0.4 is 0 Å². The number of hydrogen-bond donors (Lipinski definition) is 0. The summed E-state index contributed by atoms with van der Waals surface area (Å²) in [6.07, 6.45) is 1.36. The minimum absolute atomic E-state index is 0.00538. The Labute approximate surface area is 238 Å². The maximum Gasteiger partial charge on any atom is 0.233 e. The lowest BCUT2D eigenvalue weighted by atomic mass is 10.1. The first kappa shape index (κ1) is 30.4. The van der Waals surface area contributed by atoms with Gasteiger partial charge in [-0.2, -0.15) is 10.5 Å². The second-order valence-electron chi connectivity index (χ2n) is 9.24. The number of pyridine rings is 2. The number of aromatic nitrogens is 2. The molecule has 9 nitrogen and oxygen atoms in total. The average molecular weight is 567 g/mol. The molecule has 0 spiro atoms. The third kappa shape index (κ3) is 8.43. The summed E-state index contributed by atoms with van der Waals surface area (Å²) in [6, 6.07) is 8.20. The van der Waals surface area contributed by atoms with Gasteiger partial charge in [-0.3, -0.25) is 9.59 Å². The van der Waals surface area contributed by atoms with Crippen molar-refractivity contribution in [2.24, 2.45) is 0 Å². The summed E-state index contributed by atoms with van der Waals surface area (Å²) < 4.78 is 5.31. The summed E-state index contributed by atoms with van der Waals surface area (Å²) in [7, 11) is 0. The van der Waals surface area contributed by atoms with Crippen LogP contribution in [0.2, 0.25) is 0 Å². The van der Waals surface area contributed by atoms with Gasteiger partial charge in [-0.05, 0) is 63.8 Å². The van der Waals surface area contributed by atoms with Gasteiger partial charge in [0, 0.05) is 37.6 Å². The van der Waals surface area contributed by atoms with Crippen LogP contribution in [0.5, 0.6) is 0 Å². The number of amides is 2. The topological polar surface area (TPSA) is 123 Å². The smallest absolute Gasteiger partial charge is 0.233 e. The normalized spacial score (nSPS) is 13.0. The SMILES string of the molecule is CCN(CCCc1cc(C)c(C#N)c(SCC(=O)N2CCOCC2)n1)C(=O)CSc1nc(C)cc(C)c1C#N. The number of thioether (sulfide) groups is 2. The van der Waals surface area contributed by atoms with Crippen LogP contribution in [0.15, 0.2) is 22.2 Å². The van der Waals surface area contributed by atoms with Crippen molar-refractivity contribution >= 4 is 35.3 Å². The molecule has 1 saturated heterocycles. The first-order valence-corrected chi connectivity index (χ1v) is 14.9. The van der Waals surface area contributed by atoms with Crippen molar-refractivity contribution < 1.29 is 14.3 Å². The molecule has 3 rings (SSSR count). The molecule has 11 heteroatoms. The highest BCUT2D eigenvalue weighted by molar-refractivity contribution is 8.00. The molecule has 0 aliphatic carbocycles. The number of nitriles is 2. The molecular weight excluding hydrogens is 532 g/mol. The third-order valence-electron chi connectivity index (χ3n) is 6.40. The second kappa shape index (κ2) is 14.9. The number of morpholine rings is 1. The molecule has 2 amide bonds. The van der Waals surface area contributed by atoms with Crippen LogP contribution in [-0.4, -0.2) is 82.5 Å². The minimum atomic E-state index is -0.00538. The molecule has 3 heterocycles. The lowest BCUT2D eigenvalue weighted by Crippen LogP contribution is -2.41. The average Bonchev–Trinajstić information content (AvgIpc) is 2.92. The summed E-state index contributed by atoms with van der Waals surface area (Å²) >= 11 is 2.60. The Balaban J connectivity index is 1.57. The summed E-state index contributed by atoms with van der Waals surface area (Å²) in [4.78, 5) is 38.2. The summed E-state index contributed by atoms with van der Waals surface area (Å²) in [5, 5.41) is 20.3. The maximum atomic E-state index is 12.9. The number of rotatable bonds is 11. The minimum Gasteiger partial charge on any atom is -0.378 e. The Morgan fingerprint density at radius 3 is 2.26 bits per heavy atom. The molecule has 206 valence electrons. The molecule has 39 heavy (non-hydrogen) atoms. The van der Waals surface area contributed by atoms with Crippen LogP contribution in [0, 0.1) is 43.4 Å². The standard InChI is InChI=1S/C28H34N6O3S2/c1-5-33(25(35)17-38-27-23(15-29)19(2)13-21(4)31-27)8-6-7-22-14-20(3)24(16-30)28(32-22)39-18-26(36)34-9-11-37-12-10-34/h13-14H,5-12,17-18H2,1-4H3. The highest BCUT2D eigenvalue weighted by atomic mass is 32.2. The van der Waals surface area contributed by atoms with Crippen LogP contribution in [-0.2, 0) is 20.7 Å². The lowest BCUT2D eigenvalue weighted by Gasteiger charge is -2.26. The summed E-state index contributed by atoms with van der Waals surface area (Å²) in [5.41, 5.74) is 4.37. The van der Waals surface area contributed by atoms with Crippen molar-refractivity contribution in [1.82, 2.24) is 19.8 Å². The van der Waals surface area contributed by atoms with Gasteiger partial charge in [0.25, 0.3) is 0 Å². The van der Waals surface area contributed by atoms with E-state index in [9.17, 15) is 20.1 Å². The molecule has 0 N–H and O–H groups in total. The Morgan fingerprint density at radius 2 is 1.62 bits per heavy atom. The zero-order valence-electron chi connectivity index (χ0n) is 23.0. The number of nitrogens with zero attached hydrogens (tertiary/aromatic N) is 6. The van der Waals surface area contributed by atoms with Gasteiger partial charge in [-0.15, -0.1) is 0 Å². The Morgan fingerprint density at radius 1 is 1.00 bits per heavy atom. The monoisotopic (exact) mass is 566 g/mol. The molecule has 0 bridgehead atoms. The maximum absolute atomic E-state index is 12.9. The van der Waals surface area contributed by atoms with E-state index in [4.69, 9.17) is 9.72 Å². The third-order valence-corrected chi connectivity index (χ3v) is 8.32. The van der Waals surface area contributed by atoms with Gasteiger partial charge < -0.3 is 14.5 Å². The van der Waals surface area contributed by atoms with Gasteiger partial charge in [0.1, 0.15) is 22.2 Å². The van der Waals surface area contributed by atoms with Crippen molar-refractivity contribution in [2.75, 3.05) is 50.9 Å². The largest absolute Gasteiger partial charge is 0.378 e. The fourth-order valence-electron chi connectivity index (χ4n) is 4.29. The van der Waals surface area contributed by atoms with E-state index in [1.807, 2.05) is 39.8 Å². The van der Waals surface area contributed by atoms with Crippen molar-refractivity contribution in [3.63, 3.8) is 0 Å². The van der Waals surface area contributed by atoms with E-state index in [1.54, 1.807) is 9.80 Å². The molecular formula is C28H34N6O3S2. The zero-order chi connectivity index (χ0) is 28.4. The fraction of sp³-hybridized carbons (Fsp3) is 0.500. The second-order valence-corrected chi connectivity index (χ2v) is 11.2. The molecule has 2 aromatic rings. The van der Waals surface area contributed by atoms with E-state index in [0.29, 0.717) is 73.4 Å². The van der Waals surface area contributed by atoms with E-state index >= 15 is 0 Å². The molecule has 1 aliphatic heterocycles. The molecule has 1 aliphatic rings. The number of carbonyl (C=O) groups is 2. The molecule has 1 fully saturated rings. The van der Waals surface area contributed by atoms with Crippen molar-refractivity contribution in [1.29, 1.82) is 10.5 Å². The van der Waals surface area contributed by atoms with Gasteiger partial charge in [0.15, 0.2) is 0 Å². The van der Waals surface area contributed by atoms with E-state index in [2.05, 4.69) is 17.1 Å². The zero-order valence-corrected chi connectivity index (χ0v) is 24.6. The van der Waals surface area contributed by atoms with Crippen LogP contribution in [0.3, 0.4) is 0 Å². The van der Waals surface area contributed by atoms with E-state index in [-0.39, 0.29) is 23.3 Å². The lowest BCUT2D eigenvalue weighted by molar-refractivity contribution is -0.132. The number of carbonyl (C=O) groups excluding carboxylic acids is 2. The Bertz CT molecular complexity index is 1280. The predicted molar refractivity (Wildman–Crippen MR) is 152 cm³/mol. The predicted octanol–water partition coefficient (Wildman–Crippen LogP) is 3.67. The number of hydrogen-bond acceptors (Lipinski definition) is 9. The highest BCUT2D eigenvalue weighted by Gasteiger charge is 2.20. The molecule has 0 atom stereocenters. The molecule has 2 aromatic heterocycles. The van der Waals surface area contributed by atoms with E-state index in [1.165, 1.54) is 23.5 Å². The van der Waals surface area contributed by atoms with Gasteiger partial charge in [0.2, 0.25) is 11.8 Å². The van der Waals surface area contributed by atoms with Crippen LogP contribution in [0.25, 0.3) is 0 Å². The van der Waals surface area contributed by atoms with Crippen molar-refractivity contribution in [2.45, 2.75) is 50.6 Å². The van der Waals surface area contributed by atoms with Gasteiger partial charge in [0.05, 0.1) is 35.8 Å². The Kier molecular flexibility index (Phi) is 11.6. The van der Waals surface area contributed by atoms with Crippen LogP contribution in [0.1, 0.15) is 47.0 Å². The summed E-state index contributed by atoms with van der Waals surface area (Å²) in [6.45, 7) is 11.0. The molecule has 0 aromatic carbocycles. The number of aryl methyl sites for hydroxylation is 4. The van der Waals surface area contributed by atoms with Crippen LogP contribution >= 0.6 is 23.5 Å². The van der Waals surface area contributed by atoms with Gasteiger partial charge in [-0.1, -0.05) is 23.5 Å². The van der Waals surface area contributed by atoms with E-state index in [0.717, 1.165) is 22.5 Å². The fourth-order valence-corrected chi connectivity index (χ4v) is 6.26. The first-order valence-electron chi connectivity index (χ1n) is 12.9. The molecule has 0 radical (unpaired) electrons. The van der Waals surface area contributed by atoms with Gasteiger partial charge >= 0.3 is 0 Å². The number of ether oxygens (including phenoxy) is 1. The van der Waals surface area contributed by atoms with Crippen molar-refractivity contribution in [3.05, 3.63) is 45.8 Å². The first-order chi connectivity index (χ1) is 18.8. The van der Waals surface area contributed by atoms with E-state index < -0.39 is 0 Å².